The molecule has 0 amide bonds. The van der Waals surface area contributed by atoms with E-state index in [2.05, 4.69) is 30.6 Å². The Morgan fingerprint density at radius 3 is 2.69 bits per heavy atom. The Balaban J connectivity index is 0.00000300. The van der Waals surface area contributed by atoms with Crippen molar-refractivity contribution in [2.75, 3.05) is 14.1 Å². The summed E-state index contributed by atoms with van der Waals surface area (Å²) in [4.78, 5) is 15.3. The number of hydrogen-bond donors (Lipinski definition) is 1. The molecule has 0 spiro atoms. The number of aryl methyl sites for hydroxylation is 1. The number of nitrogens with one attached hydrogen (secondary N) is 1. The van der Waals surface area contributed by atoms with Crippen LogP contribution >= 0.6 is 35.3 Å². The highest BCUT2D eigenvalue weighted by Crippen LogP contribution is 2.16. The number of nitrogens with zero attached hydrogens (tertiary/aromatic N) is 4. The number of thiazole rings is 1. The Morgan fingerprint density at radius 2 is 2.00 bits per heavy atom. The third kappa shape index (κ3) is 6.97. The van der Waals surface area contributed by atoms with Crippen LogP contribution in [0.1, 0.15) is 21.8 Å². The van der Waals surface area contributed by atoms with Crippen molar-refractivity contribution in [2.24, 2.45) is 4.99 Å². The van der Waals surface area contributed by atoms with E-state index in [1.807, 2.05) is 56.4 Å². The number of ether oxygens (including phenoxy) is 1. The van der Waals surface area contributed by atoms with Crippen molar-refractivity contribution < 1.29 is 4.74 Å². The van der Waals surface area contributed by atoms with Gasteiger partial charge in [-0.05, 0) is 18.6 Å². The first-order valence-electron chi connectivity index (χ1n) is 9.09. The molecular formula is C21H26IN5OS. The molecule has 3 rings (SSSR count). The maximum Gasteiger partial charge on any atom is 0.218 e. The Kier molecular flexibility index (Phi) is 9.33. The molecule has 2 heterocycles. The molecule has 154 valence electrons. The number of guanidine groups is 1. The summed E-state index contributed by atoms with van der Waals surface area (Å²) in [5, 5.41) is 6.53. The third-order valence-electron chi connectivity index (χ3n) is 4.14. The molecule has 0 radical (unpaired) electrons. The lowest BCUT2D eigenvalue weighted by Crippen LogP contribution is -2.38. The maximum absolute atomic E-state index is 5.93. The van der Waals surface area contributed by atoms with E-state index in [0.717, 1.165) is 27.8 Å². The van der Waals surface area contributed by atoms with Crippen molar-refractivity contribution >= 4 is 41.3 Å². The van der Waals surface area contributed by atoms with Crippen molar-refractivity contribution in [3.8, 4) is 5.88 Å². The number of benzene rings is 1. The van der Waals surface area contributed by atoms with Crippen LogP contribution in [0.3, 0.4) is 0 Å². The van der Waals surface area contributed by atoms with E-state index in [1.165, 1.54) is 0 Å². The first-order valence-corrected chi connectivity index (χ1v) is 9.97. The van der Waals surface area contributed by atoms with Gasteiger partial charge < -0.3 is 15.0 Å². The van der Waals surface area contributed by atoms with Gasteiger partial charge in [0.05, 0.1) is 17.2 Å². The fourth-order valence-corrected chi connectivity index (χ4v) is 3.38. The van der Waals surface area contributed by atoms with Crippen molar-refractivity contribution in [2.45, 2.75) is 26.6 Å². The molecule has 29 heavy (non-hydrogen) atoms. The average molecular weight is 523 g/mol. The second-order valence-electron chi connectivity index (χ2n) is 6.36. The van der Waals surface area contributed by atoms with Crippen molar-refractivity contribution in [1.82, 2.24) is 20.2 Å². The molecule has 0 fully saturated rings. The number of pyridine rings is 1. The van der Waals surface area contributed by atoms with Gasteiger partial charge in [-0.15, -0.1) is 35.3 Å². The Hall–Kier alpha value is -2.20. The predicted molar refractivity (Wildman–Crippen MR) is 129 cm³/mol. The molecule has 6 nitrogen and oxygen atoms in total. The van der Waals surface area contributed by atoms with Crippen LogP contribution in [-0.2, 0) is 19.7 Å². The Labute approximate surface area is 193 Å². The zero-order valence-corrected chi connectivity index (χ0v) is 20.0. The molecule has 0 unspecified atom stereocenters. The van der Waals surface area contributed by atoms with Crippen LogP contribution < -0.4 is 10.1 Å². The summed E-state index contributed by atoms with van der Waals surface area (Å²) in [6.07, 6.45) is 1.75. The second kappa shape index (κ2) is 11.7. The number of hydrogen-bond acceptors (Lipinski definition) is 5. The SMILES string of the molecule is CN=C(NCc1cccnc1OCc1ccccc1)N(C)Cc1csc(C)n1.I. The molecule has 0 saturated heterocycles. The quantitative estimate of drug-likeness (QED) is 0.285. The van der Waals surface area contributed by atoms with Gasteiger partial charge in [-0.1, -0.05) is 36.4 Å². The summed E-state index contributed by atoms with van der Waals surface area (Å²) in [5.41, 5.74) is 3.14. The van der Waals surface area contributed by atoms with Gasteiger partial charge >= 0.3 is 0 Å². The zero-order chi connectivity index (χ0) is 19.8. The second-order valence-corrected chi connectivity index (χ2v) is 7.42. The molecule has 8 heteroatoms. The Morgan fingerprint density at radius 1 is 1.21 bits per heavy atom. The van der Waals surface area contributed by atoms with Crippen LogP contribution in [0.25, 0.3) is 0 Å². The molecule has 1 aromatic carbocycles. The topological polar surface area (TPSA) is 62.6 Å². The number of halogens is 1. The maximum atomic E-state index is 5.93. The highest BCUT2D eigenvalue weighted by Gasteiger charge is 2.11. The zero-order valence-electron chi connectivity index (χ0n) is 16.8. The summed E-state index contributed by atoms with van der Waals surface area (Å²) >= 11 is 1.66. The van der Waals surface area contributed by atoms with Crippen LogP contribution in [0, 0.1) is 6.92 Å². The predicted octanol–water partition coefficient (Wildman–Crippen LogP) is 4.25. The van der Waals surface area contributed by atoms with Gasteiger partial charge in [-0.2, -0.15) is 0 Å². The largest absolute Gasteiger partial charge is 0.473 e. The molecule has 0 aliphatic rings. The number of aromatic nitrogens is 2. The van der Waals surface area contributed by atoms with Crippen LogP contribution in [0.4, 0.5) is 0 Å². The van der Waals surface area contributed by atoms with Gasteiger partial charge in [0.2, 0.25) is 5.88 Å². The van der Waals surface area contributed by atoms with Gasteiger partial charge in [-0.25, -0.2) is 9.97 Å². The lowest BCUT2D eigenvalue weighted by Gasteiger charge is -2.21. The minimum atomic E-state index is 0. The fourth-order valence-electron chi connectivity index (χ4n) is 2.77. The van der Waals surface area contributed by atoms with E-state index < -0.39 is 0 Å². The van der Waals surface area contributed by atoms with Crippen LogP contribution in [0.2, 0.25) is 0 Å². The lowest BCUT2D eigenvalue weighted by molar-refractivity contribution is 0.290. The standard InChI is InChI=1S/C21H25N5OS.HI/c1-16-25-19(15-28-16)13-26(3)21(22-2)24-12-18-10-7-11-23-20(18)27-14-17-8-5-4-6-9-17;/h4-11,15H,12-14H2,1-3H3,(H,22,24);1H. The van der Waals surface area contributed by atoms with Crippen LogP contribution in [0.15, 0.2) is 59.0 Å². The molecular weight excluding hydrogens is 497 g/mol. The highest BCUT2D eigenvalue weighted by molar-refractivity contribution is 14.0. The van der Waals surface area contributed by atoms with E-state index in [0.29, 0.717) is 25.6 Å². The molecule has 0 aliphatic heterocycles. The van der Waals surface area contributed by atoms with Gasteiger partial charge in [0.15, 0.2) is 5.96 Å². The lowest BCUT2D eigenvalue weighted by atomic mass is 10.2. The van der Waals surface area contributed by atoms with E-state index in [-0.39, 0.29) is 24.0 Å². The minimum Gasteiger partial charge on any atom is -0.473 e. The van der Waals surface area contributed by atoms with Gasteiger partial charge in [-0.3, -0.25) is 4.99 Å². The number of aliphatic imine (C=N–C) groups is 1. The summed E-state index contributed by atoms with van der Waals surface area (Å²) in [6, 6.07) is 14.0. The van der Waals surface area contributed by atoms with E-state index in [1.54, 1.807) is 24.6 Å². The number of rotatable bonds is 7. The average Bonchev–Trinajstić information content (AvgIpc) is 3.13. The minimum absolute atomic E-state index is 0. The fraction of sp³-hybridized carbons (Fsp3) is 0.286. The third-order valence-corrected chi connectivity index (χ3v) is 4.97. The van der Waals surface area contributed by atoms with E-state index >= 15 is 0 Å². The first kappa shape index (κ1) is 23.1. The molecule has 0 saturated carbocycles. The summed E-state index contributed by atoms with van der Waals surface area (Å²) < 4.78 is 5.93. The normalized spacial score (nSPS) is 10.9. The van der Waals surface area contributed by atoms with Gasteiger partial charge in [0.1, 0.15) is 6.61 Å². The molecule has 0 atom stereocenters. The molecule has 2 aromatic heterocycles. The van der Waals surface area contributed by atoms with E-state index in [9.17, 15) is 0 Å². The van der Waals surface area contributed by atoms with Crippen LogP contribution in [-0.4, -0.2) is 34.9 Å². The van der Waals surface area contributed by atoms with Crippen LogP contribution in [0.5, 0.6) is 5.88 Å². The summed E-state index contributed by atoms with van der Waals surface area (Å²) in [6.45, 7) is 3.78. The molecule has 3 aromatic rings. The first-order chi connectivity index (χ1) is 13.7. The monoisotopic (exact) mass is 523 g/mol. The van der Waals surface area contributed by atoms with Crippen molar-refractivity contribution in [1.29, 1.82) is 0 Å². The van der Waals surface area contributed by atoms with Crippen molar-refractivity contribution in [3.63, 3.8) is 0 Å². The molecule has 0 aliphatic carbocycles. The van der Waals surface area contributed by atoms with E-state index in [4.69, 9.17) is 4.74 Å². The summed E-state index contributed by atoms with van der Waals surface area (Å²) in [5.74, 6) is 1.43. The molecule has 1 N–H and O–H groups in total. The van der Waals surface area contributed by atoms with Gasteiger partial charge in [0, 0.05) is 37.8 Å². The molecule has 0 bridgehead atoms. The highest BCUT2D eigenvalue weighted by atomic mass is 127. The summed E-state index contributed by atoms with van der Waals surface area (Å²) in [7, 11) is 3.78. The van der Waals surface area contributed by atoms with Crippen molar-refractivity contribution in [3.05, 3.63) is 75.9 Å². The smallest absolute Gasteiger partial charge is 0.218 e. The Bertz CT molecular complexity index is 916. The van der Waals surface area contributed by atoms with Gasteiger partial charge in [0.25, 0.3) is 0 Å².